The average Bonchev–Trinajstić information content (AvgIpc) is 2.94. The number of phenols is 1. The number of halogens is 3. The maximum Gasteiger partial charge on any atom is 0.154 e. The summed E-state index contributed by atoms with van der Waals surface area (Å²) in [5, 5.41) is 10.8. The standard InChI is InChI=1S/C9H7Cl3OS/c10-5-3-6(14-4-1-2-4)7(11)8(12)9(5)13/h3-4,13H,1-2H2. The van der Waals surface area contributed by atoms with Crippen LogP contribution in [0.2, 0.25) is 15.1 Å². The van der Waals surface area contributed by atoms with Gasteiger partial charge in [0, 0.05) is 10.1 Å². The van der Waals surface area contributed by atoms with Gasteiger partial charge in [0.05, 0.1) is 10.0 Å². The zero-order chi connectivity index (χ0) is 10.3. The van der Waals surface area contributed by atoms with E-state index in [0.717, 1.165) is 4.90 Å². The highest BCUT2D eigenvalue weighted by Crippen LogP contribution is 2.48. The van der Waals surface area contributed by atoms with E-state index in [1.165, 1.54) is 12.8 Å². The van der Waals surface area contributed by atoms with Gasteiger partial charge in [0.2, 0.25) is 0 Å². The fraction of sp³-hybridized carbons (Fsp3) is 0.333. The summed E-state index contributed by atoms with van der Waals surface area (Å²) in [6.45, 7) is 0. The predicted octanol–water partition coefficient (Wildman–Crippen LogP) is 4.61. The average molecular weight is 270 g/mol. The number of thioether (sulfide) groups is 1. The Morgan fingerprint density at radius 2 is 1.86 bits per heavy atom. The summed E-state index contributed by atoms with van der Waals surface area (Å²) < 4.78 is 0. The van der Waals surface area contributed by atoms with Crippen LogP contribution in [0.15, 0.2) is 11.0 Å². The second kappa shape index (κ2) is 4.01. The van der Waals surface area contributed by atoms with Crippen molar-refractivity contribution in [3.05, 3.63) is 21.1 Å². The molecule has 0 unspecified atom stereocenters. The smallest absolute Gasteiger partial charge is 0.154 e. The van der Waals surface area contributed by atoms with Gasteiger partial charge in [-0.25, -0.2) is 0 Å². The largest absolute Gasteiger partial charge is 0.505 e. The van der Waals surface area contributed by atoms with E-state index in [9.17, 15) is 5.11 Å². The third kappa shape index (κ3) is 2.08. The second-order valence-corrected chi connectivity index (χ2v) is 5.66. The molecule has 14 heavy (non-hydrogen) atoms. The molecule has 0 aromatic heterocycles. The van der Waals surface area contributed by atoms with E-state index < -0.39 is 0 Å². The summed E-state index contributed by atoms with van der Waals surface area (Å²) in [5.74, 6) is -0.140. The van der Waals surface area contributed by atoms with Gasteiger partial charge in [-0.1, -0.05) is 34.8 Å². The normalized spacial score (nSPS) is 15.9. The molecule has 2 rings (SSSR count). The van der Waals surface area contributed by atoms with Crippen LogP contribution in [0, 0.1) is 0 Å². The van der Waals surface area contributed by atoms with Crippen LogP contribution in [-0.4, -0.2) is 10.4 Å². The van der Waals surface area contributed by atoms with Crippen LogP contribution < -0.4 is 0 Å². The Balaban J connectivity index is 2.38. The Bertz CT molecular complexity index is 377. The van der Waals surface area contributed by atoms with Crippen molar-refractivity contribution in [3.63, 3.8) is 0 Å². The highest BCUT2D eigenvalue weighted by molar-refractivity contribution is 8.00. The summed E-state index contributed by atoms with van der Waals surface area (Å²) >= 11 is 19.2. The number of aromatic hydroxyl groups is 1. The molecule has 0 bridgehead atoms. The van der Waals surface area contributed by atoms with Crippen LogP contribution >= 0.6 is 46.6 Å². The Morgan fingerprint density at radius 1 is 1.21 bits per heavy atom. The number of hydrogen-bond donors (Lipinski definition) is 1. The number of benzene rings is 1. The van der Waals surface area contributed by atoms with Crippen LogP contribution in [0.25, 0.3) is 0 Å². The maximum atomic E-state index is 9.40. The van der Waals surface area contributed by atoms with Crippen LogP contribution in [0.1, 0.15) is 12.8 Å². The van der Waals surface area contributed by atoms with Gasteiger partial charge >= 0.3 is 0 Å². The van der Waals surface area contributed by atoms with Crippen LogP contribution in [0.3, 0.4) is 0 Å². The molecule has 5 heteroatoms. The van der Waals surface area contributed by atoms with Crippen molar-refractivity contribution in [3.8, 4) is 5.75 Å². The molecule has 1 N–H and O–H groups in total. The molecule has 76 valence electrons. The monoisotopic (exact) mass is 268 g/mol. The first-order valence-corrected chi connectivity index (χ1v) is 6.14. The van der Waals surface area contributed by atoms with Crippen molar-refractivity contribution in [2.24, 2.45) is 0 Å². The van der Waals surface area contributed by atoms with E-state index in [1.807, 2.05) is 0 Å². The van der Waals surface area contributed by atoms with Gasteiger partial charge in [-0.2, -0.15) is 0 Å². The first kappa shape index (κ1) is 10.7. The molecule has 0 saturated heterocycles. The van der Waals surface area contributed by atoms with Gasteiger partial charge in [0.25, 0.3) is 0 Å². The third-order valence-electron chi connectivity index (χ3n) is 1.92. The minimum atomic E-state index is -0.140. The summed E-state index contributed by atoms with van der Waals surface area (Å²) in [4.78, 5) is 0.849. The third-order valence-corrected chi connectivity index (χ3v) is 4.56. The van der Waals surface area contributed by atoms with Crippen LogP contribution in [-0.2, 0) is 0 Å². The predicted molar refractivity (Wildman–Crippen MR) is 62.0 cm³/mol. The minimum Gasteiger partial charge on any atom is -0.505 e. The van der Waals surface area contributed by atoms with Gasteiger partial charge in [0.15, 0.2) is 5.75 Å². The second-order valence-electron chi connectivity index (χ2n) is 3.15. The number of hydrogen-bond acceptors (Lipinski definition) is 2. The highest BCUT2D eigenvalue weighted by atomic mass is 35.5. The lowest BCUT2D eigenvalue weighted by atomic mass is 10.3. The van der Waals surface area contributed by atoms with E-state index in [0.29, 0.717) is 10.3 Å². The van der Waals surface area contributed by atoms with Gasteiger partial charge in [-0.15, -0.1) is 11.8 Å². The summed E-state index contributed by atoms with van der Waals surface area (Å²) in [6, 6.07) is 1.66. The molecular formula is C9H7Cl3OS. The molecule has 0 atom stereocenters. The Hall–Kier alpha value is 0.240. The molecule has 1 aliphatic rings. The Kier molecular flexibility index (Phi) is 3.08. The lowest BCUT2D eigenvalue weighted by Gasteiger charge is -2.07. The summed E-state index contributed by atoms with van der Waals surface area (Å²) in [6.07, 6.45) is 2.41. The molecule has 0 radical (unpaired) electrons. The summed E-state index contributed by atoms with van der Waals surface area (Å²) in [5.41, 5.74) is 0. The van der Waals surface area contributed by atoms with Crippen molar-refractivity contribution in [1.29, 1.82) is 0 Å². The van der Waals surface area contributed by atoms with Crippen molar-refractivity contribution >= 4 is 46.6 Å². The van der Waals surface area contributed by atoms with Gasteiger partial charge < -0.3 is 5.11 Å². The lowest BCUT2D eigenvalue weighted by Crippen LogP contribution is -1.81. The molecule has 0 spiro atoms. The highest BCUT2D eigenvalue weighted by Gasteiger charge is 2.25. The van der Waals surface area contributed by atoms with Crippen molar-refractivity contribution < 1.29 is 5.11 Å². The van der Waals surface area contributed by atoms with E-state index >= 15 is 0 Å². The van der Waals surface area contributed by atoms with Crippen LogP contribution in [0.4, 0.5) is 0 Å². The molecule has 1 saturated carbocycles. The van der Waals surface area contributed by atoms with E-state index in [1.54, 1.807) is 17.8 Å². The molecule has 1 aliphatic carbocycles. The zero-order valence-corrected chi connectivity index (χ0v) is 10.1. The molecule has 1 aromatic carbocycles. The van der Waals surface area contributed by atoms with E-state index in [4.69, 9.17) is 34.8 Å². The molecule has 0 aliphatic heterocycles. The molecular weight excluding hydrogens is 263 g/mol. The van der Waals surface area contributed by atoms with Gasteiger partial charge in [-0.3, -0.25) is 0 Å². The number of rotatable bonds is 2. The molecule has 0 amide bonds. The van der Waals surface area contributed by atoms with Crippen molar-refractivity contribution in [2.75, 3.05) is 0 Å². The quantitative estimate of drug-likeness (QED) is 0.791. The van der Waals surface area contributed by atoms with Crippen molar-refractivity contribution in [2.45, 2.75) is 23.0 Å². The first-order valence-electron chi connectivity index (χ1n) is 4.12. The minimum absolute atomic E-state index is 0.140. The topological polar surface area (TPSA) is 20.2 Å². The van der Waals surface area contributed by atoms with E-state index in [2.05, 4.69) is 0 Å². The Morgan fingerprint density at radius 3 is 2.43 bits per heavy atom. The van der Waals surface area contributed by atoms with E-state index in [-0.39, 0.29) is 15.8 Å². The number of phenolic OH excluding ortho intramolecular Hbond substituents is 1. The lowest BCUT2D eigenvalue weighted by molar-refractivity contribution is 0.475. The van der Waals surface area contributed by atoms with Gasteiger partial charge in [-0.05, 0) is 18.9 Å². The van der Waals surface area contributed by atoms with Crippen molar-refractivity contribution in [1.82, 2.24) is 0 Å². The Labute approximate surface area is 101 Å². The SMILES string of the molecule is Oc1c(Cl)cc(SC2CC2)c(Cl)c1Cl. The van der Waals surface area contributed by atoms with Gasteiger partial charge in [0.1, 0.15) is 5.02 Å². The fourth-order valence-corrected chi connectivity index (χ4v) is 2.99. The zero-order valence-electron chi connectivity index (χ0n) is 7.06. The summed E-state index contributed by atoms with van der Waals surface area (Å²) in [7, 11) is 0. The first-order chi connectivity index (χ1) is 6.59. The fourth-order valence-electron chi connectivity index (χ4n) is 1.01. The molecule has 0 heterocycles. The molecule has 1 fully saturated rings. The molecule has 1 nitrogen and oxygen atoms in total. The maximum absolute atomic E-state index is 9.40. The van der Waals surface area contributed by atoms with Crippen LogP contribution in [0.5, 0.6) is 5.75 Å². The molecule has 1 aromatic rings.